The highest BCUT2D eigenvalue weighted by molar-refractivity contribution is 7.98. The molecule has 0 radical (unpaired) electrons. The molecule has 0 aliphatic carbocycles. The minimum Gasteiger partial charge on any atom is -0.465 e. The van der Waals surface area contributed by atoms with E-state index in [9.17, 15) is 4.79 Å². The number of hydrogen-bond donors (Lipinski definition) is 1. The Morgan fingerprint density at radius 3 is 2.83 bits per heavy atom. The summed E-state index contributed by atoms with van der Waals surface area (Å²) in [5, 5.41) is 1.14. The lowest BCUT2D eigenvalue weighted by Crippen LogP contribution is -2.32. The van der Waals surface area contributed by atoms with E-state index in [1.807, 2.05) is 6.92 Å². The Bertz CT molecular complexity index is 374. The smallest absolute Gasteiger partial charge is 0.322 e. The number of hydrogen-bond acceptors (Lipinski definition) is 6. The van der Waals surface area contributed by atoms with E-state index in [0.29, 0.717) is 13.0 Å². The molecule has 1 aromatic rings. The van der Waals surface area contributed by atoms with Gasteiger partial charge < -0.3 is 10.5 Å². The van der Waals surface area contributed by atoms with Crippen LogP contribution in [0, 0.1) is 13.8 Å². The highest BCUT2D eigenvalue weighted by Crippen LogP contribution is 2.21. The van der Waals surface area contributed by atoms with E-state index in [2.05, 4.69) is 11.9 Å². The number of aryl methyl sites for hydroxylation is 2. The van der Waals surface area contributed by atoms with Crippen LogP contribution < -0.4 is 5.73 Å². The maximum atomic E-state index is 11.3. The Balaban J connectivity index is 2.20. The van der Waals surface area contributed by atoms with Gasteiger partial charge in [0.25, 0.3) is 0 Å². The number of nitrogens with two attached hydrogens (primary N) is 1. The van der Waals surface area contributed by atoms with Gasteiger partial charge in [-0.1, -0.05) is 0 Å². The predicted octanol–water partition coefficient (Wildman–Crippen LogP) is 2.27. The van der Waals surface area contributed by atoms with E-state index in [1.165, 1.54) is 4.88 Å². The largest absolute Gasteiger partial charge is 0.465 e. The molecule has 0 saturated carbocycles. The van der Waals surface area contributed by atoms with Crippen molar-refractivity contribution in [2.75, 3.05) is 12.4 Å². The number of nitrogens with zero attached hydrogens (tertiary/aromatic N) is 1. The molecule has 6 heteroatoms. The van der Waals surface area contributed by atoms with E-state index < -0.39 is 6.04 Å². The van der Waals surface area contributed by atoms with Crippen LogP contribution >= 0.6 is 23.1 Å². The lowest BCUT2D eigenvalue weighted by molar-refractivity contribution is -0.144. The van der Waals surface area contributed by atoms with Gasteiger partial charge in [0.1, 0.15) is 11.0 Å². The van der Waals surface area contributed by atoms with Crippen molar-refractivity contribution in [2.45, 2.75) is 39.0 Å². The van der Waals surface area contributed by atoms with Crippen LogP contribution in [-0.2, 0) is 15.3 Å². The van der Waals surface area contributed by atoms with E-state index in [0.717, 1.165) is 22.2 Å². The second kappa shape index (κ2) is 7.76. The highest BCUT2D eigenvalue weighted by atomic mass is 32.2. The summed E-state index contributed by atoms with van der Waals surface area (Å²) in [4.78, 5) is 17.0. The third-order valence-electron chi connectivity index (χ3n) is 2.46. The molecule has 1 atom stereocenters. The Kier molecular flexibility index (Phi) is 6.67. The highest BCUT2D eigenvalue weighted by Gasteiger charge is 2.14. The average Bonchev–Trinajstić information content (AvgIpc) is 2.64. The van der Waals surface area contributed by atoms with Crippen LogP contribution in [0.5, 0.6) is 0 Å². The van der Waals surface area contributed by atoms with Crippen molar-refractivity contribution in [1.29, 1.82) is 0 Å². The van der Waals surface area contributed by atoms with Gasteiger partial charge in [-0.25, -0.2) is 4.98 Å². The molecule has 0 aliphatic rings. The molecule has 4 nitrogen and oxygen atoms in total. The fourth-order valence-electron chi connectivity index (χ4n) is 1.34. The molecule has 2 N–H and O–H groups in total. The van der Waals surface area contributed by atoms with Crippen LogP contribution in [-0.4, -0.2) is 29.4 Å². The van der Waals surface area contributed by atoms with E-state index in [4.69, 9.17) is 10.5 Å². The summed E-state index contributed by atoms with van der Waals surface area (Å²) in [5.41, 5.74) is 6.82. The fraction of sp³-hybridized carbons (Fsp3) is 0.667. The number of thiazole rings is 1. The van der Waals surface area contributed by atoms with Crippen LogP contribution in [0.2, 0.25) is 0 Å². The number of carbonyl (C=O) groups excluding carboxylic acids is 1. The van der Waals surface area contributed by atoms with Crippen molar-refractivity contribution >= 4 is 29.1 Å². The summed E-state index contributed by atoms with van der Waals surface area (Å²) in [6.45, 7) is 6.28. The fourth-order valence-corrected chi connectivity index (χ4v) is 3.36. The van der Waals surface area contributed by atoms with Crippen LogP contribution in [0.1, 0.15) is 28.9 Å². The molecule has 0 aliphatic heterocycles. The minimum atomic E-state index is -0.503. The molecule has 0 amide bonds. The van der Waals surface area contributed by atoms with E-state index in [1.54, 1.807) is 30.0 Å². The van der Waals surface area contributed by atoms with Gasteiger partial charge >= 0.3 is 5.97 Å². The van der Waals surface area contributed by atoms with Gasteiger partial charge in [-0.3, -0.25) is 4.79 Å². The first-order chi connectivity index (χ1) is 8.54. The van der Waals surface area contributed by atoms with Crippen molar-refractivity contribution in [2.24, 2.45) is 5.73 Å². The van der Waals surface area contributed by atoms with Gasteiger partial charge in [-0.2, -0.15) is 11.8 Å². The van der Waals surface area contributed by atoms with Crippen molar-refractivity contribution in [3.05, 3.63) is 15.6 Å². The van der Waals surface area contributed by atoms with E-state index >= 15 is 0 Å². The molecule has 18 heavy (non-hydrogen) atoms. The topological polar surface area (TPSA) is 65.2 Å². The maximum absolute atomic E-state index is 11.3. The molecule has 1 unspecified atom stereocenters. The number of thioether (sulfide) groups is 1. The van der Waals surface area contributed by atoms with Gasteiger partial charge in [0.15, 0.2) is 0 Å². The second-order valence-corrected chi connectivity index (χ2v) is 6.34. The van der Waals surface area contributed by atoms with Gasteiger partial charge in [-0.05, 0) is 32.9 Å². The van der Waals surface area contributed by atoms with Crippen molar-refractivity contribution in [3.8, 4) is 0 Å². The zero-order valence-electron chi connectivity index (χ0n) is 11.1. The Morgan fingerprint density at radius 2 is 2.28 bits per heavy atom. The molecule has 1 heterocycles. The summed E-state index contributed by atoms with van der Waals surface area (Å²) in [5.74, 6) is 1.42. The molecular weight excluding hydrogens is 268 g/mol. The summed E-state index contributed by atoms with van der Waals surface area (Å²) >= 11 is 3.49. The van der Waals surface area contributed by atoms with Crippen LogP contribution in [0.4, 0.5) is 0 Å². The summed E-state index contributed by atoms with van der Waals surface area (Å²) in [7, 11) is 0. The van der Waals surface area contributed by atoms with Gasteiger partial charge in [0.05, 0.1) is 12.3 Å². The molecule has 0 fully saturated rings. The summed E-state index contributed by atoms with van der Waals surface area (Å²) in [6, 6.07) is -0.503. The van der Waals surface area contributed by atoms with Crippen LogP contribution in [0.15, 0.2) is 0 Å². The minimum absolute atomic E-state index is 0.306. The zero-order chi connectivity index (χ0) is 13.5. The third-order valence-corrected chi connectivity index (χ3v) is 4.72. The number of ether oxygens (including phenoxy) is 1. The Labute approximate surface area is 116 Å². The quantitative estimate of drug-likeness (QED) is 0.616. The third kappa shape index (κ3) is 4.96. The SMILES string of the molecule is CCOC(=O)C(N)CCSCc1nc(C)c(C)s1. The molecule has 0 saturated heterocycles. The standard InChI is InChI=1S/C12H20N2O2S2/c1-4-16-12(15)10(13)5-6-17-7-11-14-8(2)9(3)18-11/h10H,4-7,13H2,1-3H3. The Morgan fingerprint density at radius 1 is 1.56 bits per heavy atom. The van der Waals surface area contributed by atoms with E-state index in [-0.39, 0.29) is 5.97 Å². The zero-order valence-corrected chi connectivity index (χ0v) is 12.7. The number of carbonyl (C=O) groups is 1. The van der Waals surface area contributed by atoms with Crippen LogP contribution in [0.25, 0.3) is 0 Å². The monoisotopic (exact) mass is 288 g/mol. The second-order valence-electron chi connectivity index (χ2n) is 3.95. The lowest BCUT2D eigenvalue weighted by atomic mass is 10.2. The molecule has 0 spiro atoms. The van der Waals surface area contributed by atoms with Gasteiger partial charge in [0, 0.05) is 10.6 Å². The lowest BCUT2D eigenvalue weighted by Gasteiger charge is -2.09. The molecule has 102 valence electrons. The average molecular weight is 288 g/mol. The molecule has 0 aromatic carbocycles. The molecule has 1 rings (SSSR count). The molecular formula is C12H20N2O2S2. The predicted molar refractivity (Wildman–Crippen MR) is 77.0 cm³/mol. The van der Waals surface area contributed by atoms with Gasteiger partial charge in [-0.15, -0.1) is 11.3 Å². The van der Waals surface area contributed by atoms with Crippen LogP contribution in [0.3, 0.4) is 0 Å². The first kappa shape index (κ1) is 15.5. The molecule has 1 aromatic heterocycles. The normalized spacial score (nSPS) is 12.4. The summed E-state index contributed by atoms with van der Waals surface area (Å²) < 4.78 is 4.85. The van der Waals surface area contributed by atoms with Gasteiger partial charge in [0.2, 0.25) is 0 Å². The van der Waals surface area contributed by atoms with Crippen molar-refractivity contribution in [3.63, 3.8) is 0 Å². The van der Waals surface area contributed by atoms with Crippen molar-refractivity contribution < 1.29 is 9.53 Å². The first-order valence-corrected chi connectivity index (χ1v) is 7.94. The number of aromatic nitrogens is 1. The van der Waals surface area contributed by atoms with Crippen molar-refractivity contribution in [1.82, 2.24) is 4.98 Å². The first-order valence-electron chi connectivity index (χ1n) is 5.97. The summed E-state index contributed by atoms with van der Waals surface area (Å²) in [6.07, 6.45) is 0.646. The molecule has 0 bridgehead atoms. The Hall–Kier alpha value is -0.590. The number of rotatable bonds is 7. The number of esters is 1. The maximum Gasteiger partial charge on any atom is 0.322 e.